The van der Waals surface area contributed by atoms with Crippen LogP contribution in [0.2, 0.25) is 0 Å². The molecule has 0 N–H and O–H groups in total. The van der Waals surface area contributed by atoms with Crippen LogP contribution in [0.1, 0.15) is 57.4 Å². The van der Waals surface area contributed by atoms with E-state index in [1.165, 1.54) is 0 Å². The molecule has 174 valence electrons. The van der Waals surface area contributed by atoms with E-state index >= 15 is 0 Å². The van der Waals surface area contributed by atoms with Crippen molar-refractivity contribution in [3.8, 4) is 11.4 Å². The minimum atomic E-state index is -0.275. The Bertz CT molecular complexity index is 886. The minimum Gasteiger partial charge on any atom is -0.383 e. The number of hydrogen-bond acceptors (Lipinski definition) is 6. The zero-order chi connectivity index (χ0) is 22.9. The van der Waals surface area contributed by atoms with Crippen molar-refractivity contribution >= 4 is 27.7 Å². The van der Waals surface area contributed by atoms with Crippen LogP contribution >= 0.6 is 15.9 Å². The summed E-state index contributed by atoms with van der Waals surface area (Å²) in [6, 6.07) is 7.40. The van der Waals surface area contributed by atoms with Crippen LogP contribution in [0.3, 0.4) is 0 Å². The van der Waals surface area contributed by atoms with Gasteiger partial charge in [0, 0.05) is 36.7 Å². The third-order valence-corrected chi connectivity index (χ3v) is 6.17. The summed E-state index contributed by atoms with van der Waals surface area (Å²) in [6.45, 7) is 3.49. The van der Waals surface area contributed by atoms with Crippen LogP contribution in [0.5, 0.6) is 0 Å². The van der Waals surface area contributed by atoms with E-state index in [1.807, 2.05) is 31.2 Å². The van der Waals surface area contributed by atoms with Gasteiger partial charge in [-0.1, -0.05) is 34.4 Å². The van der Waals surface area contributed by atoms with Gasteiger partial charge in [-0.2, -0.15) is 4.98 Å². The van der Waals surface area contributed by atoms with Gasteiger partial charge in [-0.15, -0.1) is 0 Å². The molecule has 0 spiro atoms. The molecule has 8 nitrogen and oxygen atoms in total. The maximum atomic E-state index is 13.2. The Morgan fingerprint density at radius 1 is 1.28 bits per heavy atom. The maximum absolute atomic E-state index is 13.2. The first-order chi connectivity index (χ1) is 15.5. The third kappa shape index (κ3) is 6.38. The average molecular weight is 507 g/mol. The molecule has 2 amide bonds. The van der Waals surface area contributed by atoms with E-state index in [0.29, 0.717) is 37.8 Å². The van der Waals surface area contributed by atoms with Crippen molar-refractivity contribution in [1.29, 1.82) is 0 Å². The topological polar surface area (TPSA) is 88.8 Å². The van der Waals surface area contributed by atoms with Crippen molar-refractivity contribution in [3.63, 3.8) is 0 Å². The number of unbranched alkanes of at least 4 members (excludes halogenated alkanes) is 1. The summed E-state index contributed by atoms with van der Waals surface area (Å²) in [7, 11) is 1.59. The third-order valence-electron chi connectivity index (χ3n) is 5.64. The highest BCUT2D eigenvalue weighted by atomic mass is 79.9. The van der Waals surface area contributed by atoms with Gasteiger partial charge in [-0.25, -0.2) is 0 Å². The molecule has 1 atom stereocenters. The zero-order valence-electron chi connectivity index (χ0n) is 18.8. The molecule has 1 fully saturated rings. The van der Waals surface area contributed by atoms with Gasteiger partial charge in [0.05, 0.1) is 13.2 Å². The molecule has 0 bridgehead atoms. The molecule has 1 aliphatic rings. The second kappa shape index (κ2) is 12.1. The molecule has 0 aliphatic carbocycles. The molecule has 1 aliphatic heterocycles. The van der Waals surface area contributed by atoms with Crippen LogP contribution in [0, 0.1) is 0 Å². The molecule has 2 aromatic rings. The molecule has 32 heavy (non-hydrogen) atoms. The number of piperidine rings is 1. The van der Waals surface area contributed by atoms with Crippen molar-refractivity contribution in [2.24, 2.45) is 0 Å². The molecule has 1 aromatic carbocycles. The van der Waals surface area contributed by atoms with Crippen molar-refractivity contribution in [2.45, 2.75) is 51.5 Å². The van der Waals surface area contributed by atoms with Gasteiger partial charge in [0.25, 0.3) is 0 Å². The Labute approximate surface area is 197 Å². The van der Waals surface area contributed by atoms with Crippen molar-refractivity contribution in [2.75, 3.05) is 33.4 Å². The Morgan fingerprint density at radius 3 is 2.78 bits per heavy atom. The molecule has 2 heterocycles. The predicted molar refractivity (Wildman–Crippen MR) is 124 cm³/mol. The first kappa shape index (κ1) is 24.4. The number of methoxy groups -OCH3 is 1. The normalized spacial score (nSPS) is 16.2. The molecular formula is C23H31BrN4O4. The van der Waals surface area contributed by atoms with Crippen LogP contribution in [-0.2, 0) is 14.3 Å². The number of amides is 2. The number of ether oxygens (including phenoxy) is 1. The Kier molecular flexibility index (Phi) is 9.23. The maximum Gasteiger partial charge on any atom is 0.249 e. The van der Waals surface area contributed by atoms with Crippen LogP contribution in [0.15, 0.2) is 33.3 Å². The van der Waals surface area contributed by atoms with Crippen molar-refractivity contribution < 1.29 is 18.8 Å². The van der Waals surface area contributed by atoms with Gasteiger partial charge in [0.1, 0.15) is 6.04 Å². The summed E-state index contributed by atoms with van der Waals surface area (Å²) in [5.74, 6) is 0.832. The summed E-state index contributed by atoms with van der Waals surface area (Å²) in [5, 5.41) is 4.13. The van der Waals surface area contributed by atoms with E-state index in [-0.39, 0.29) is 24.4 Å². The van der Waals surface area contributed by atoms with Crippen molar-refractivity contribution in [1.82, 2.24) is 19.9 Å². The highest BCUT2D eigenvalue weighted by Gasteiger charge is 2.33. The number of aromatic nitrogens is 2. The molecule has 0 radical (unpaired) electrons. The van der Waals surface area contributed by atoms with Gasteiger partial charge < -0.3 is 19.1 Å². The van der Waals surface area contributed by atoms with E-state index in [4.69, 9.17) is 9.26 Å². The van der Waals surface area contributed by atoms with E-state index in [1.54, 1.807) is 16.9 Å². The Morgan fingerprint density at radius 2 is 2.06 bits per heavy atom. The summed E-state index contributed by atoms with van der Waals surface area (Å²) in [6.07, 6.45) is 4.84. The number of likely N-dealkylation sites (tertiary alicyclic amines) is 1. The number of hydrogen-bond donors (Lipinski definition) is 0. The van der Waals surface area contributed by atoms with Crippen LogP contribution in [0.25, 0.3) is 11.4 Å². The van der Waals surface area contributed by atoms with Crippen LogP contribution < -0.4 is 0 Å². The molecule has 3 rings (SSSR count). The smallest absolute Gasteiger partial charge is 0.249 e. The SMILES string of the molecule is CCCCC(=O)N(CCOC)CC(=O)N1CCCC[C@@H]1c1nc(-c2ccc(Br)cc2)no1. The fraction of sp³-hybridized carbons (Fsp3) is 0.565. The van der Waals surface area contributed by atoms with E-state index in [0.717, 1.165) is 42.1 Å². The summed E-state index contributed by atoms with van der Waals surface area (Å²) in [4.78, 5) is 33.8. The van der Waals surface area contributed by atoms with Crippen LogP contribution in [0.4, 0.5) is 0 Å². The number of halogens is 1. The molecule has 1 aromatic heterocycles. The highest BCUT2D eigenvalue weighted by molar-refractivity contribution is 9.10. The quantitative estimate of drug-likeness (QED) is 0.479. The summed E-state index contributed by atoms with van der Waals surface area (Å²) < 4.78 is 11.7. The highest BCUT2D eigenvalue weighted by Crippen LogP contribution is 2.31. The lowest BCUT2D eigenvalue weighted by Crippen LogP contribution is -2.46. The van der Waals surface area contributed by atoms with Gasteiger partial charge in [-0.3, -0.25) is 9.59 Å². The number of rotatable bonds is 10. The zero-order valence-corrected chi connectivity index (χ0v) is 20.3. The van der Waals surface area contributed by atoms with Gasteiger partial charge in [0.2, 0.25) is 23.5 Å². The monoisotopic (exact) mass is 506 g/mol. The second-order valence-corrected chi connectivity index (χ2v) is 8.89. The van der Waals surface area contributed by atoms with Gasteiger partial charge in [0.15, 0.2) is 0 Å². The van der Waals surface area contributed by atoms with E-state index in [9.17, 15) is 9.59 Å². The van der Waals surface area contributed by atoms with E-state index in [2.05, 4.69) is 26.1 Å². The molecule has 0 unspecified atom stereocenters. The number of carbonyl (C=O) groups excluding carboxylic acids is 2. The molecule has 9 heteroatoms. The lowest BCUT2D eigenvalue weighted by molar-refractivity contribution is -0.143. The molecule has 1 saturated heterocycles. The minimum absolute atomic E-state index is 0.0128. The van der Waals surface area contributed by atoms with Crippen molar-refractivity contribution in [3.05, 3.63) is 34.6 Å². The second-order valence-electron chi connectivity index (χ2n) is 7.97. The van der Waals surface area contributed by atoms with Crippen LogP contribution in [-0.4, -0.2) is 65.1 Å². The molecular weight excluding hydrogens is 476 g/mol. The van der Waals surface area contributed by atoms with Gasteiger partial charge >= 0.3 is 0 Å². The lowest BCUT2D eigenvalue weighted by atomic mass is 10.0. The first-order valence-electron chi connectivity index (χ1n) is 11.2. The fourth-order valence-corrected chi connectivity index (χ4v) is 4.07. The van der Waals surface area contributed by atoms with Gasteiger partial charge in [-0.05, 0) is 49.9 Å². The summed E-state index contributed by atoms with van der Waals surface area (Å²) in [5.41, 5.74) is 0.851. The number of nitrogens with zero attached hydrogens (tertiary/aromatic N) is 4. The largest absolute Gasteiger partial charge is 0.383 e. The predicted octanol–water partition coefficient (Wildman–Crippen LogP) is 4.22. The fourth-order valence-electron chi connectivity index (χ4n) is 3.81. The first-order valence-corrected chi connectivity index (χ1v) is 12.0. The Hall–Kier alpha value is -2.26. The summed E-state index contributed by atoms with van der Waals surface area (Å²) >= 11 is 3.42. The standard InChI is InChI=1S/C23H31BrN4O4/c1-3-4-8-20(29)27(14-15-31-2)16-21(30)28-13-6-5-7-19(28)23-25-22(26-32-23)17-9-11-18(24)12-10-17/h9-12,19H,3-8,13-16H2,1-2H3/t19-/m1/s1. The lowest BCUT2D eigenvalue weighted by Gasteiger charge is -2.35. The van der Waals surface area contributed by atoms with E-state index < -0.39 is 0 Å². The average Bonchev–Trinajstić information content (AvgIpc) is 3.30. The molecule has 0 saturated carbocycles. The number of benzene rings is 1. The number of carbonyl (C=O) groups is 2. The Balaban J connectivity index is 1.73.